The highest BCUT2D eigenvalue weighted by Gasteiger charge is 2.04. The average Bonchev–Trinajstić information content (AvgIpc) is 2.49. The van der Waals surface area contributed by atoms with Gasteiger partial charge in [0.1, 0.15) is 5.75 Å². The maximum Gasteiger partial charge on any atom is 0.335 e. The molecular weight excluding hydrogens is 300 g/mol. The SMILES string of the molecule is CCOc1ccc(NC(=S)Nc2cccc(C(=O)O)c2)cc1. The Bertz CT molecular complexity index is 671. The molecule has 0 saturated carbocycles. The number of nitrogens with one attached hydrogen (secondary N) is 2. The van der Waals surface area contributed by atoms with E-state index >= 15 is 0 Å². The quantitative estimate of drug-likeness (QED) is 0.732. The number of ether oxygens (including phenoxy) is 1. The third kappa shape index (κ3) is 4.46. The molecule has 0 aliphatic heterocycles. The predicted molar refractivity (Wildman–Crippen MR) is 90.9 cm³/mol. The van der Waals surface area contributed by atoms with Crippen LogP contribution in [0.3, 0.4) is 0 Å². The van der Waals surface area contributed by atoms with Crippen LogP contribution < -0.4 is 15.4 Å². The summed E-state index contributed by atoms with van der Waals surface area (Å²) in [7, 11) is 0. The second kappa shape index (κ2) is 7.42. The Morgan fingerprint density at radius 2 is 1.82 bits per heavy atom. The Labute approximate surface area is 133 Å². The van der Waals surface area contributed by atoms with Crippen molar-refractivity contribution in [1.82, 2.24) is 0 Å². The van der Waals surface area contributed by atoms with Crippen LogP contribution in [-0.2, 0) is 0 Å². The van der Waals surface area contributed by atoms with Crippen LogP contribution in [0.4, 0.5) is 11.4 Å². The van der Waals surface area contributed by atoms with Gasteiger partial charge >= 0.3 is 5.97 Å². The Morgan fingerprint density at radius 1 is 1.14 bits per heavy atom. The van der Waals surface area contributed by atoms with E-state index < -0.39 is 5.97 Å². The lowest BCUT2D eigenvalue weighted by Crippen LogP contribution is -2.19. The molecule has 6 heteroatoms. The second-order valence-electron chi connectivity index (χ2n) is 4.42. The Hall–Kier alpha value is -2.60. The topological polar surface area (TPSA) is 70.6 Å². The Kier molecular flexibility index (Phi) is 5.32. The Morgan fingerprint density at radius 3 is 2.45 bits per heavy atom. The number of thiocarbonyl (C=S) groups is 1. The number of carboxylic acids is 1. The lowest BCUT2D eigenvalue weighted by Gasteiger charge is -2.11. The molecule has 5 nitrogen and oxygen atoms in total. The molecule has 0 atom stereocenters. The van der Waals surface area contributed by atoms with Crippen molar-refractivity contribution in [2.75, 3.05) is 17.2 Å². The number of aromatic carboxylic acids is 1. The van der Waals surface area contributed by atoms with Crippen molar-refractivity contribution in [2.45, 2.75) is 6.92 Å². The van der Waals surface area contributed by atoms with E-state index in [0.29, 0.717) is 17.4 Å². The first kappa shape index (κ1) is 15.8. The van der Waals surface area contributed by atoms with E-state index in [-0.39, 0.29) is 5.56 Å². The summed E-state index contributed by atoms with van der Waals surface area (Å²) in [5, 5.41) is 15.3. The fourth-order valence-electron chi connectivity index (χ4n) is 1.82. The highest BCUT2D eigenvalue weighted by molar-refractivity contribution is 7.80. The van der Waals surface area contributed by atoms with E-state index in [2.05, 4.69) is 10.6 Å². The summed E-state index contributed by atoms with van der Waals surface area (Å²) in [6, 6.07) is 13.9. The molecule has 0 saturated heterocycles. The number of carbonyl (C=O) groups is 1. The van der Waals surface area contributed by atoms with Gasteiger partial charge in [-0.1, -0.05) is 6.07 Å². The van der Waals surface area contributed by atoms with E-state index in [1.54, 1.807) is 12.1 Å². The number of benzene rings is 2. The van der Waals surface area contributed by atoms with E-state index in [9.17, 15) is 4.79 Å². The summed E-state index contributed by atoms with van der Waals surface area (Å²) in [6.07, 6.45) is 0. The second-order valence-corrected chi connectivity index (χ2v) is 4.83. The molecule has 0 aliphatic carbocycles. The highest BCUT2D eigenvalue weighted by atomic mass is 32.1. The van der Waals surface area contributed by atoms with Crippen LogP contribution in [0.15, 0.2) is 48.5 Å². The van der Waals surface area contributed by atoms with Crippen LogP contribution in [0.2, 0.25) is 0 Å². The molecule has 2 rings (SSSR count). The van der Waals surface area contributed by atoms with E-state index in [0.717, 1.165) is 11.4 Å². The van der Waals surface area contributed by atoms with Crippen LogP contribution in [0.5, 0.6) is 5.75 Å². The average molecular weight is 316 g/mol. The van der Waals surface area contributed by atoms with Gasteiger partial charge in [-0.05, 0) is 61.6 Å². The molecule has 0 spiro atoms. The minimum absolute atomic E-state index is 0.203. The normalized spacial score (nSPS) is 9.86. The summed E-state index contributed by atoms with van der Waals surface area (Å²) in [5.41, 5.74) is 1.63. The first-order chi connectivity index (χ1) is 10.6. The summed E-state index contributed by atoms with van der Waals surface area (Å²) < 4.78 is 5.37. The van der Waals surface area contributed by atoms with Crippen LogP contribution in [0.25, 0.3) is 0 Å². The zero-order valence-electron chi connectivity index (χ0n) is 12.0. The molecule has 0 bridgehead atoms. The lowest BCUT2D eigenvalue weighted by atomic mass is 10.2. The van der Waals surface area contributed by atoms with Gasteiger partial charge in [-0.2, -0.15) is 0 Å². The summed E-state index contributed by atoms with van der Waals surface area (Å²) in [4.78, 5) is 10.9. The van der Waals surface area contributed by atoms with Crippen LogP contribution in [0, 0.1) is 0 Å². The van der Waals surface area contributed by atoms with Crippen LogP contribution in [-0.4, -0.2) is 22.8 Å². The minimum atomic E-state index is -0.978. The van der Waals surface area contributed by atoms with Gasteiger partial charge in [0.25, 0.3) is 0 Å². The van der Waals surface area contributed by atoms with Crippen molar-refractivity contribution in [3.63, 3.8) is 0 Å². The van der Waals surface area contributed by atoms with Crippen LogP contribution >= 0.6 is 12.2 Å². The molecule has 0 heterocycles. The van der Waals surface area contributed by atoms with E-state index in [1.165, 1.54) is 12.1 Å². The summed E-state index contributed by atoms with van der Waals surface area (Å²) in [5.74, 6) is -0.185. The predicted octanol–water partition coefficient (Wildman–Crippen LogP) is 3.59. The molecule has 0 aliphatic rings. The van der Waals surface area contributed by atoms with Gasteiger partial charge in [0.15, 0.2) is 5.11 Å². The van der Waals surface area contributed by atoms with Crippen molar-refractivity contribution < 1.29 is 14.6 Å². The van der Waals surface area contributed by atoms with Crippen molar-refractivity contribution >= 4 is 34.7 Å². The molecule has 0 unspecified atom stereocenters. The van der Waals surface area contributed by atoms with Crippen molar-refractivity contribution in [2.24, 2.45) is 0 Å². The Balaban J connectivity index is 1.97. The van der Waals surface area contributed by atoms with Gasteiger partial charge in [0.05, 0.1) is 12.2 Å². The van der Waals surface area contributed by atoms with Gasteiger partial charge in [-0.15, -0.1) is 0 Å². The van der Waals surface area contributed by atoms with Gasteiger partial charge in [-0.3, -0.25) is 0 Å². The fourth-order valence-corrected chi connectivity index (χ4v) is 2.06. The zero-order valence-corrected chi connectivity index (χ0v) is 12.8. The van der Waals surface area contributed by atoms with Crippen molar-refractivity contribution in [3.05, 3.63) is 54.1 Å². The third-order valence-corrected chi connectivity index (χ3v) is 2.99. The first-order valence-corrected chi connectivity index (χ1v) is 7.13. The molecule has 0 aromatic heterocycles. The van der Waals surface area contributed by atoms with Crippen molar-refractivity contribution in [3.8, 4) is 5.75 Å². The van der Waals surface area contributed by atoms with Crippen molar-refractivity contribution in [1.29, 1.82) is 0 Å². The molecule has 2 aromatic carbocycles. The van der Waals surface area contributed by atoms with Crippen LogP contribution in [0.1, 0.15) is 17.3 Å². The lowest BCUT2D eigenvalue weighted by molar-refractivity contribution is 0.0697. The molecule has 22 heavy (non-hydrogen) atoms. The zero-order chi connectivity index (χ0) is 15.9. The molecule has 3 N–H and O–H groups in total. The smallest absolute Gasteiger partial charge is 0.335 e. The fraction of sp³-hybridized carbons (Fsp3) is 0.125. The maximum absolute atomic E-state index is 10.9. The molecular formula is C16H16N2O3S. The van der Waals surface area contributed by atoms with E-state index in [1.807, 2.05) is 31.2 Å². The minimum Gasteiger partial charge on any atom is -0.494 e. The highest BCUT2D eigenvalue weighted by Crippen LogP contribution is 2.16. The van der Waals surface area contributed by atoms with Gasteiger partial charge in [-0.25, -0.2) is 4.79 Å². The molecule has 114 valence electrons. The molecule has 0 radical (unpaired) electrons. The number of rotatable bonds is 5. The monoisotopic (exact) mass is 316 g/mol. The number of anilines is 2. The van der Waals surface area contributed by atoms with Gasteiger partial charge < -0.3 is 20.5 Å². The summed E-state index contributed by atoms with van der Waals surface area (Å²) >= 11 is 5.21. The molecule has 0 amide bonds. The van der Waals surface area contributed by atoms with Gasteiger partial charge in [0.2, 0.25) is 0 Å². The number of hydrogen-bond donors (Lipinski definition) is 3. The summed E-state index contributed by atoms with van der Waals surface area (Å²) in [6.45, 7) is 2.54. The molecule has 0 fully saturated rings. The third-order valence-electron chi connectivity index (χ3n) is 2.79. The van der Waals surface area contributed by atoms with Gasteiger partial charge in [0, 0.05) is 11.4 Å². The molecule has 2 aromatic rings. The first-order valence-electron chi connectivity index (χ1n) is 6.72. The number of carboxylic acid groups (broad SMARTS) is 1. The maximum atomic E-state index is 10.9. The number of hydrogen-bond acceptors (Lipinski definition) is 3. The van der Waals surface area contributed by atoms with E-state index in [4.69, 9.17) is 22.1 Å². The largest absolute Gasteiger partial charge is 0.494 e. The standard InChI is InChI=1S/C16H16N2O3S/c1-2-21-14-8-6-12(7-9-14)17-16(22)18-13-5-3-4-11(10-13)15(19)20/h3-10H,2H2,1H3,(H,19,20)(H2,17,18,22).